The molecule has 1 N–H and O–H groups in total. The van der Waals surface area contributed by atoms with Crippen molar-refractivity contribution < 1.29 is 4.52 Å². The van der Waals surface area contributed by atoms with Crippen molar-refractivity contribution in [2.75, 3.05) is 13.1 Å². The first-order chi connectivity index (χ1) is 7.27. The van der Waals surface area contributed by atoms with E-state index in [0.717, 1.165) is 44.1 Å². The summed E-state index contributed by atoms with van der Waals surface area (Å²) in [5.41, 5.74) is 0.0915. The lowest BCUT2D eigenvalue weighted by Crippen LogP contribution is -2.43. The predicted octanol–water partition coefficient (Wildman–Crippen LogP) is 1.80. The molecule has 0 spiro atoms. The second-order valence-corrected chi connectivity index (χ2v) is 4.46. The van der Waals surface area contributed by atoms with Crippen LogP contribution >= 0.6 is 0 Å². The maximum Gasteiger partial charge on any atom is 0.234 e. The molecule has 0 aromatic carbocycles. The first-order valence-electron chi connectivity index (χ1n) is 5.78. The van der Waals surface area contributed by atoms with E-state index in [0.29, 0.717) is 0 Å². The Balaban J connectivity index is 2.24. The van der Waals surface area contributed by atoms with E-state index < -0.39 is 0 Å². The van der Waals surface area contributed by atoms with Gasteiger partial charge in [-0.3, -0.25) is 0 Å². The normalized spacial score (nSPS) is 26.8. The molecule has 0 aliphatic carbocycles. The van der Waals surface area contributed by atoms with E-state index in [1.165, 1.54) is 6.42 Å². The van der Waals surface area contributed by atoms with E-state index in [1.54, 1.807) is 0 Å². The molecule has 1 fully saturated rings. The molecule has 4 heteroatoms. The van der Waals surface area contributed by atoms with Crippen LogP contribution in [0.2, 0.25) is 0 Å². The smallest absolute Gasteiger partial charge is 0.234 e. The van der Waals surface area contributed by atoms with E-state index in [9.17, 15) is 0 Å². The molecular weight excluding hydrogens is 190 g/mol. The number of nitrogens with one attached hydrogen (secondary N) is 1. The summed E-state index contributed by atoms with van der Waals surface area (Å²) in [6.45, 7) is 6.17. The van der Waals surface area contributed by atoms with Crippen LogP contribution in [-0.2, 0) is 5.41 Å². The van der Waals surface area contributed by atoms with Gasteiger partial charge in [0.1, 0.15) is 0 Å². The molecule has 1 aromatic heterocycles. The zero-order chi connectivity index (χ0) is 10.7. The SMILES string of the molecule is CCCC1(c2nc(C)no2)CCCNC1. The first-order valence-corrected chi connectivity index (χ1v) is 5.78. The second kappa shape index (κ2) is 4.31. The average molecular weight is 209 g/mol. The van der Waals surface area contributed by atoms with Crippen LogP contribution in [0.4, 0.5) is 0 Å². The minimum atomic E-state index is 0.0915. The van der Waals surface area contributed by atoms with Crippen molar-refractivity contribution in [2.24, 2.45) is 0 Å². The summed E-state index contributed by atoms with van der Waals surface area (Å²) in [4.78, 5) is 4.41. The van der Waals surface area contributed by atoms with Crippen molar-refractivity contribution in [3.05, 3.63) is 11.7 Å². The van der Waals surface area contributed by atoms with E-state index in [1.807, 2.05) is 6.92 Å². The van der Waals surface area contributed by atoms with Crippen molar-refractivity contribution in [3.63, 3.8) is 0 Å². The fraction of sp³-hybridized carbons (Fsp3) is 0.818. The van der Waals surface area contributed by atoms with Gasteiger partial charge in [0.05, 0.1) is 5.41 Å². The standard InChI is InChI=1S/C11H19N3O/c1-3-5-11(6-4-7-12-8-11)10-13-9(2)14-15-10/h12H,3-8H2,1-2H3. The quantitative estimate of drug-likeness (QED) is 0.824. The zero-order valence-corrected chi connectivity index (χ0v) is 9.55. The molecule has 2 rings (SSSR count). The molecule has 1 saturated heterocycles. The van der Waals surface area contributed by atoms with Crippen LogP contribution in [0.15, 0.2) is 4.52 Å². The van der Waals surface area contributed by atoms with Crippen molar-refractivity contribution in [2.45, 2.75) is 44.9 Å². The number of aryl methyl sites for hydroxylation is 1. The first kappa shape index (κ1) is 10.6. The number of hydrogen-bond donors (Lipinski definition) is 1. The number of rotatable bonds is 3. The fourth-order valence-electron chi connectivity index (χ4n) is 2.46. The molecule has 0 radical (unpaired) electrons. The lowest BCUT2D eigenvalue weighted by molar-refractivity contribution is 0.213. The minimum absolute atomic E-state index is 0.0915. The predicted molar refractivity (Wildman–Crippen MR) is 57.7 cm³/mol. The fourth-order valence-corrected chi connectivity index (χ4v) is 2.46. The average Bonchev–Trinajstić information content (AvgIpc) is 2.67. The maximum atomic E-state index is 5.36. The summed E-state index contributed by atoms with van der Waals surface area (Å²) in [5.74, 6) is 1.57. The molecule has 1 aromatic rings. The highest BCUT2D eigenvalue weighted by atomic mass is 16.5. The summed E-state index contributed by atoms with van der Waals surface area (Å²) in [6, 6.07) is 0. The number of piperidine rings is 1. The summed E-state index contributed by atoms with van der Waals surface area (Å²) in [7, 11) is 0. The van der Waals surface area contributed by atoms with Gasteiger partial charge in [-0.15, -0.1) is 0 Å². The van der Waals surface area contributed by atoms with Crippen LogP contribution in [0.5, 0.6) is 0 Å². The molecule has 0 amide bonds. The van der Waals surface area contributed by atoms with Crippen LogP contribution in [-0.4, -0.2) is 23.2 Å². The number of aromatic nitrogens is 2. The van der Waals surface area contributed by atoms with Gasteiger partial charge in [-0.05, 0) is 32.7 Å². The summed E-state index contributed by atoms with van der Waals surface area (Å²) in [5, 5.41) is 7.35. The van der Waals surface area contributed by atoms with Gasteiger partial charge in [-0.25, -0.2) is 0 Å². The molecule has 4 nitrogen and oxygen atoms in total. The molecule has 1 aliphatic heterocycles. The molecule has 84 valence electrons. The highest BCUT2D eigenvalue weighted by molar-refractivity contribution is 5.08. The zero-order valence-electron chi connectivity index (χ0n) is 9.55. The maximum absolute atomic E-state index is 5.36. The molecule has 0 saturated carbocycles. The summed E-state index contributed by atoms with van der Waals surface area (Å²) in [6.07, 6.45) is 4.64. The number of hydrogen-bond acceptors (Lipinski definition) is 4. The van der Waals surface area contributed by atoms with E-state index in [2.05, 4.69) is 22.4 Å². The van der Waals surface area contributed by atoms with Gasteiger partial charge in [-0.2, -0.15) is 4.98 Å². The van der Waals surface area contributed by atoms with Gasteiger partial charge in [0.2, 0.25) is 5.89 Å². The largest absolute Gasteiger partial charge is 0.339 e. The van der Waals surface area contributed by atoms with Crippen LogP contribution in [0, 0.1) is 6.92 Å². The summed E-state index contributed by atoms with van der Waals surface area (Å²) < 4.78 is 5.36. The molecule has 0 bridgehead atoms. The van der Waals surface area contributed by atoms with Gasteiger partial charge in [0.15, 0.2) is 5.82 Å². The topological polar surface area (TPSA) is 51.0 Å². The Hall–Kier alpha value is -0.900. The molecular formula is C11H19N3O. The highest BCUT2D eigenvalue weighted by Crippen LogP contribution is 2.34. The Morgan fingerprint density at radius 3 is 2.93 bits per heavy atom. The monoisotopic (exact) mass is 209 g/mol. The summed E-state index contributed by atoms with van der Waals surface area (Å²) >= 11 is 0. The number of nitrogens with zero attached hydrogens (tertiary/aromatic N) is 2. The van der Waals surface area contributed by atoms with E-state index >= 15 is 0 Å². The Bertz CT molecular complexity index is 310. The molecule has 2 heterocycles. The van der Waals surface area contributed by atoms with Crippen LogP contribution in [0.25, 0.3) is 0 Å². The minimum Gasteiger partial charge on any atom is -0.339 e. The van der Waals surface area contributed by atoms with Crippen molar-refractivity contribution in [1.82, 2.24) is 15.5 Å². The van der Waals surface area contributed by atoms with Crippen molar-refractivity contribution in [1.29, 1.82) is 0 Å². The Labute approximate surface area is 90.4 Å². The second-order valence-electron chi connectivity index (χ2n) is 4.46. The lowest BCUT2D eigenvalue weighted by atomic mass is 9.77. The van der Waals surface area contributed by atoms with Crippen LogP contribution < -0.4 is 5.32 Å². The third kappa shape index (κ3) is 2.04. The molecule has 1 aliphatic rings. The van der Waals surface area contributed by atoms with Crippen molar-refractivity contribution in [3.8, 4) is 0 Å². The van der Waals surface area contributed by atoms with Gasteiger partial charge >= 0.3 is 0 Å². The van der Waals surface area contributed by atoms with Crippen molar-refractivity contribution >= 4 is 0 Å². The lowest BCUT2D eigenvalue weighted by Gasteiger charge is -2.34. The highest BCUT2D eigenvalue weighted by Gasteiger charge is 2.38. The van der Waals surface area contributed by atoms with Crippen LogP contribution in [0.1, 0.15) is 44.3 Å². The van der Waals surface area contributed by atoms with E-state index in [-0.39, 0.29) is 5.41 Å². The molecule has 1 unspecified atom stereocenters. The third-order valence-corrected chi connectivity index (χ3v) is 3.18. The van der Waals surface area contributed by atoms with Crippen LogP contribution in [0.3, 0.4) is 0 Å². The third-order valence-electron chi connectivity index (χ3n) is 3.18. The molecule has 15 heavy (non-hydrogen) atoms. The van der Waals surface area contributed by atoms with E-state index in [4.69, 9.17) is 4.52 Å². The van der Waals surface area contributed by atoms with Gasteiger partial charge < -0.3 is 9.84 Å². The Morgan fingerprint density at radius 1 is 1.53 bits per heavy atom. The Kier molecular flexibility index (Phi) is 3.05. The van der Waals surface area contributed by atoms with Gasteiger partial charge in [0, 0.05) is 6.54 Å². The molecule has 1 atom stereocenters. The van der Waals surface area contributed by atoms with Gasteiger partial charge in [0.25, 0.3) is 0 Å². The Morgan fingerprint density at radius 2 is 2.40 bits per heavy atom. The van der Waals surface area contributed by atoms with Gasteiger partial charge in [-0.1, -0.05) is 18.5 Å².